The zero-order valence-electron chi connectivity index (χ0n) is 7.66. The van der Waals surface area contributed by atoms with Gasteiger partial charge in [0.05, 0.1) is 0 Å². The molecule has 1 atom stereocenters. The van der Waals surface area contributed by atoms with Crippen LogP contribution in [0.1, 0.15) is 25.1 Å². The van der Waals surface area contributed by atoms with E-state index in [1.807, 2.05) is 6.92 Å². The quantitative estimate of drug-likeness (QED) is 0.773. The SMILES string of the molecule is CCC(C)Nc1nc(N)sc1C#N. The van der Waals surface area contributed by atoms with Crippen molar-refractivity contribution in [2.45, 2.75) is 26.3 Å². The van der Waals surface area contributed by atoms with Gasteiger partial charge in [-0.25, -0.2) is 4.98 Å². The van der Waals surface area contributed by atoms with Crippen LogP contribution in [-0.2, 0) is 0 Å². The van der Waals surface area contributed by atoms with E-state index >= 15 is 0 Å². The van der Waals surface area contributed by atoms with Gasteiger partial charge in [0.2, 0.25) is 0 Å². The Hall–Kier alpha value is -1.28. The monoisotopic (exact) mass is 196 g/mol. The van der Waals surface area contributed by atoms with Crippen molar-refractivity contribution in [2.24, 2.45) is 0 Å². The Bertz CT molecular complexity index is 325. The number of nitrogens with one attached hydrogen (secondary N) is 1. The van der Waals surface area contributed by atoms with E-state index in [-0.39, 0.29) is 0 Å². The predicted octanol–water partition coefficient (Wildman–Crippen LogP) is 1.81. The number of nitrogens with zero attached hydrogens (tertiary/aromatic N) is 2. The average molecular weight is 196 g/mol. The highest BCUT2D eigenvalue weighted by Gasteiger charge is 2.10. The van der Waals surface area contributed by atoms with Gasteiger partial charge < -0.3 is 11.1 Å². The second-order valence-electron chi connectivity index (χ2n) is 2.80. The highest BCUT2D eigenvalue weighted by atomic mass is 32.1. The molecular weight excluding hydrogens is 184 g/mol. The first-order valence-electron chi connectivity index (χ1n) is 4.10. The van der Waals surface area contributed by atoms with Crippen LogP contribution < -0.4 is 11.1 Å². The number of thiazole rings is 1. The van der Waals surface area contributed by atoms with Gasteiger partial charge in [0.15, 0.2) is 15.8 Å². The molecule has 0 amide bonds. The van der Waals surface area contributed by atoms with E-state index in [1.54, 1.807) is 0 Å². The summed E-state index contributed by atoms with van der Waals surface area (Å²) in [6, 6.07) is 2.37. The van der Waals surface area contributed by atoms with Gasteiger partial charge >= 0.3 is 0 Å². The molecule has 1 aromatic heterocycles. The lowest BCUT2D eigenvalue weighted by atomic mass is 10.2. The molecule has 0 aliphatic heterocycles. The maximum Gasteiger partial charge on any atom is 0.183 e. The van der Waals surface area contributed by atoms with Crippen LogP contribution in [0.2, 0.25) is 0 Å². The number of hydrogen-bond acceptors (Lipinski definition) is 5. The Morgan fingerprint density at radius 2 is 2.46 bits per heavy atom. The van der Waals surface area contributed by atoms with E-state index in [9.17, 15) is 0 Å². The van der Waals surface area contributed by atoms with Gasteiger partial charge in [0, 0.05) is 6.04 Å². The minimum Gasteiger partial charge on any atom is -0.375 e. The molecule has 0 bridgehead atoms. The van der Waals surface area contributed by atoms with Crippen molar-refractivity contribution in [1.29, 1.82) is 5.26 Å². The van der Waals surface area contributed by atoms with Crippen molar-refractivity contribution < 1.29 is 0 Å². The molecule has 1 rings (SSSR count). The molecule has 0 aromatic carbocycles. The summed E-state index contributed by atoms with van der Waals surface area (Å²) in [6.07, 6.45) is 0.988. The first kappa shape index (κ1) is 9.81. The highest BCUT2D eigenvalue weighted by Crippen LogP contribution is 2.24. The second kappa shape index (κ2) is 4.10. The van der Waals surface area contributed by atoms with Crippen molar-refractivity contribution in [3.05, 3.63) is 4.88 Å². The van der Waals surface area contributed by atoms with Crippen molar-refractivity contribution in [1.82, 2.24) is 4.98 Å². The maximum absolute atomic E-state index is 8.74. The van der Waals surface area contributed by atoms with Crippen molar-refractivity contribution in [3.8, 4) is 6.07 Å². The molecule has 0 aliphatic carbocycles. The first-order valence-corrected chi connectivity index (χ1v) is 4.92. The minimum atomic E-state index is 0.314. The maximum atomic E-state index is 8.74. The lowest BCUT2D eigenvalue weighted by Crippen LogP contribution is -2.14. The predicted molar refractivity (Wildman–Crippen MR) is 54.6 cm³/mol. The van der Waals surface area contributed by atoms with Crippen LogP contribution >= 0.6 is 11.3 Å². The molecule has 0 spiro atoms. The van der Waals surface area contributed by atoms with E-state index in [4.69, 9.17) is 11.0 Å². The van der Waals surface area contributed by atoms with Gasteiger partial charge in [-0.15, -0.1) is 0 Å². The Labute approximate surface area is 81.4 Å². The molecule has 1 heterocycles. The third kappa shape index (κ3) is 2.33. The van der Waals surface area contributed by atoms with E-state index in [2.05, 4.69) is 23.3 Å². The number of nitrogens with two attached hydrogens (primary N) is 1. The molecule has 0 radical (unpaired) electrons. The number of anilines is 2. The van der Waals surface area contributed by atoms with Crippen molar-refractivity contribution in [2.75, 3.05) is 11.1 Å². The van der Waals surface area contributed by atoms with Crippen LogP contribution in [0.4, 0.5) is 10.9 Å². The van der Waals surface area contributed by atoms with Gasteiger partial charge in [-0.1, -0.05) is 18.3 Å². The van der Waals surface area contributed by atoms with Crippen molar-refractivity contribution in [3.63, 3.8) is 0 Å². The summed E-state index contributed by atoms with van der Waals surface area (Å²) in [5.74, 6) is 0.611. The molecule has 1 aromatic rings. The molecule has 70 valence electrons. The van der Waals surface area contributed by atoms with Crippen LogP contribution in [0.5, 0.6) is 0 Å². The minimum absolute atomic E-state index is 0.314. The van der Waals surface area contributed by atoms with Crippen LogP contribution in [-0.4, -0.2) is 11.0 Å². The average Bonchev–Trinajstić information content (AvgIpc) is 2.46. The molecule has 0 aliphatic rings. The van der Waals surface area contributed by atoms with E-state index in [0.717, 1.165) is 6.42 Å². The molecular formula is C8H12N4S. The smallest absolute Gasteiger partial charge is 0.183 e. The summed E-state index contributed by atoms with van der Waals surface area (Å²) in [6.45, 7) is 4.11. The van der Waals surface area contributed by atoms with Crippen molar-refractivity contribution >= 4 is 22.3 Å². The molecule has 4 nitrogen and oxygen atoms in total. The van der Waals surface area contributed by atoms with Crippen LogP contribution in [0.25, 0.3) is 0 Å². The molecule has 1 unspecified atom stereocenters. The van der Waals surface area contributed by atoms with E-state index < -0.39 is 0 Å². The summed E-state index contributed by atoms with van der Waals surface area (Å²) in [7, 11) is 0. The normalized spacial score (nSPS) is 12.1. The third-order valence-electron chi connectivity index (χ3n) is 1.74. The largest absolute Gasteiger partial charge is 0.375 e. The Morgan fingerprint density at radius 1 is 1.77 bits per heavy atom. The molecule has 0 saturated carbocycles. The lowest BCUT2D eigenvalue weighted by Gasteiger charge is -2.09. The lowest BCUT2D eigenvalue weighted by molar-refractivity contribution is 0.760. The zero-order valence-corrected chi connectivity index (χ0v) is 8.48. The Balaban J connectivity index is 2.82. The summed E-state index contributed by atoms with van der Waals surface area (Å²) >= 11 is 1.21. The molecule has 13 heavy (non-hydrogen) atoms. The van der Waals surface area contributed by atoms with Crippen LogP contribution in [0.15, 0.2) is 0 Å². The fourth-order valence-electron chi connectivity index (χ4n) is 0.846. The molecule has 3 N–H and O–H groups in total. The fraction of sp³-hybridized carbons (Fsp3) is 0.500. The standard InChI is InChI=1S/C8H12N4S/c1-3-5(2)11-7-6(4-9)13-8(10)12-7/h5,11H,3H2,1-2H3,(H2,10,12). The first-order chi connectivity index (χ1) is 6.17. The second-order valence-corrected chi connectivity index (χ2v) is 3.83. The fourth-order valence-corrected chi connectivity index (χ4v) is 1.44. The van der Waals surface area contributed by atoms with Gasteiger partial charge in [0.1, 0.15) is 6.07 Å². The number of rotatable bonds is 3. The van der Waals surface area contributed by atoms with Gasteiger partial charge in [-0.2, -0.15) is 5.26 Å². The van der Waals surface area contributed by atoms with Gasteiger partial charge in [0.25, 0.3) is 0 Å². The Kier molecular flexibility index (Phi) is 3.09. The number of nitriles is 1. The topological polar surface area (TPSA) is 74.7 Å². The summed E-state index contributed by atoms with van der Waals surface area (Å²) in [4.78, 5) is 4.59. The number of hydrogen-bond donors (Lipinski definition) is 2. The highest BCUT2D eigenvalue weighted by molar-refractivity contribution is 7.16. The summed E-state index contributed by atoms with van der Waals surface area (Å²) < 4.78 is 0. The van der Waals surface area contributed by atoms with Gasteiger partial charge in [-0.3, -0.25) is 0 Å². The molecule has 0 fully saturated rings. The third-order valence-corrected chi connectivity index (χ3v) is 2.53. The van der Waals surface area contributed by atoms with E-state index in [0.29, 0.717) is 21.9 Å². The Morgan fingerprint density at radius 3 is 3.00 bits per heavy atom. The van der Waals surface area contributed by atoms with Gasteiger partial charge in [-0.05, 0) is 13.3 Å². The molecule has 5 heteroatoms. The van der Waals surface area contributed by atoms with Crippen LogP contribution in [0.3, 0.4) is 0 Å². The number of nitrogen functional groups attached to an aromatic ring is 1. The summed E-state index contributed by atoms with van der Waals surface area (Å²) in [5, 5.41) is 12.3. The zero-order chi connectivity index (χ0) is 9.84. The van der Waals surface area contributed by atoms with E-state index in [1.165, 1.54) is 11.3 Å². The summed E-state index contributed by atoms with van der Waals surface area (Å²) in [5.41, 5.74) is 5.49. The molecule has 0 saturated heterocycles. The van der Waals surface area contributed by atoms with Crippen LogP contribution in [0, 0.1) is 11.3 Å². The number of aromatic nitrogens is 1.